The van der Waals surface area contributed by atoms with Crippen LogP contribution in [0.2, 0.25) is 0 Å². The van der Waals surface area contributed by atoms with Crippen LogP contribution in [0.4, 0.5) is 14.9 Å². The van der Waals surface area contributed by atoms with Gasteiger partial charge in [-0.2, -0.15) is 0 Å². The lowest BCUT2D eigenvalue weighted by atomic mass is 10.3. The van der Waals surface area contributed by atoms with Gasteiger partial charge in [-0.05, 0) is 45.7 Å². The molecule has 12 heavy (non-hydrogen) atoms. The first kappa shape index (κ1) is 9.48. The molecule has 0 bridgehead atoms. The number of nitrogens with one attached hydrogen (secondary N) is 1. The summed E-state index contributed by atoms with van der Waals surface area (Å²) in [6.45, 7) is 0. The molecule has 64 valence electrons. The average molecular weight is 252 g/mol. The molecule has 0 saturated heterocycles. The van der Waals surface area contributed by atoms with Crippen LogP contribution in [0.1, 0.15) is 0 Å². The van der Waals surface area contributed by atoms with E-state index in [1.807, 2.05) is 0 Å². The molecule has 0 saturated carbocycles. The Balaban J connectivity index is 2.89. The van der Waals surface area contributed by atoms with Gasteiger partial charge < -0.3 is 5.32 Å². The molecule has 1 aromatic carbocycles. The van der Waals surface area contributed by atoms with Crippen molar-refractivity contribution in [1.82, 2.24) is 0 Å². The third-order valence-corrected chi connectivity index (χ3v) is 1.86. The number of amides is 1. The summed E-state index contributed by atoms with van der Waals surface area (Å²) in [7, 11) is 0. The molecule has 1 rings (SSSR count). The molecule has 0 unspecified atom stereocenters. The number of halogens is 3. The molecule has 0 aromatic heterocycles. The number of carbonyl (C=O) groups excluding carboxylic acids is 1. The van der Waals surface area contributed by atoms with E-state index in [-0.39, 0.29) is 10.3 Å². The van der Waals surface area contributed by atoms with E-state index in [1.54, 1.807) is 0 Å². The van der Waals surface area contributed by atoms with E-state index < -0.39 is 5.37 Å². The lowest BCUT2D eigenvalue weighted by Gasteiger charge is -2.00. The minimum absolute atomic E-state index is 0.283. The summed E-state index contributed by atoms with van der Waals surface area (Å²) in [6.07, 6.45) is 0. The van der Waals surface area contributed by atoms with Gasteiger partial charge in [0.2, 0.25) is 0 Å². The molecule has 0 aliphatic heterocycles. The Labute approximate surface area is 81.8 Å². The van der Waals surface area contributed by atoms with Crippen LogP contribution in [0.15, 0.2) is 22.7 Å². The molecule has 1 aromatic rings. The zero-order valence-corrected chi connectivity index (χ0v) is 8.12. The average Bonchev–Trinajstić information content (AvgIpc) is 1.96. The molecular formula is C7H4BrClFNO. The molecule has 5 heteroatoms. The summed E-state index contributed by atoms with van der Waals surface area (Å²) >= 11 is 8.01. The van der Waals surface area contributed by atoms with Crippen molar-refractivity contribution in [2.24, 2.45) is 0 Å². The fourth-order valence-electron chi connectivity index (χ4n) is 0.687. The van der Waals surface area contributed by atoms with E-state index in [2.05, 4.69) is 21.2 Å². The maximum Gasteiger partial charge on any atom is 0.318 e. The third kappa shape index (κ3) is 2.46. The lowest BCUT2D eigenvalue weighted by molar-refractivity contribution is 0.269. The minimum Gasteiger partial charge on any atom is -0.312 e. The minimum atomic E-state index is -0.700. The summed E-state index contributed by atoms with van der Waals surface area (Å²) in [4.78, 5) is 10.4. The molecule has 1 N–H and O–H groups in total. The third-order valence-electron chi connectivity index (χ3n) is 1.16. The number of carbonyl (C=O) groups is 1. The van der Waals surface area contributed by atoms with E-state index in [4.69, 9.17) is 11.6 Å². The Morgan fingerprint density at radius 3 is 2.75 bits per heavy atom. The van der Waals surface area contributed by atoms with E-state index in [1.165, 1.54) is 18.2 Å². The second kappa shape index (κ2) is 3.87. The summed E-state index contributed by atoms with van der Waals surface area (Å²) in [5.41, 5.74) is 0.447. The maximum absolute atomic E-state index is 12.6. The van der Waals surface area contributed by atoms with E-state index >= 15 is 0 Å². The summed E-state index contributed by atoms with van der Waals surface area (Å²) < 4.78 is 12.9. The van der Waals surface area contributed by atoms with Gasteiger partial charge in [-0.15, -0.1) is 0 Å². The van der Waals surface area contributed by atoms with Gasteiger partial charge in [0.15, 0.2) is 0 Å². The first-order valence-electron chi connectivity index (χ1n) is 3.01. The molecular weight excluding hydrogens is 248 g/mol. The van der Waals surface area contributed by atoms with Crippen LogP contribution in [0, 0.1) is 5.82 Å². The molecule has 0 radical (unpaired) electrons. The van der Waals surface area contributed by atoms with Gasteiger partial charge >= 0.3 is 5.37 Å². The van der Waals surface area contributed by atoms with Crippen molar-refractivity contribution in [1.29, 1.82) is 0 Å². The fraction of sp³-hybridized carbons (Fsp3) is 0. The van der Waals surface area contributed by atoms with Crippen LogP contribution < -0.4 is 5.32 Å². The number of rotatable bonds is 1. The molecule has 0 heterocycles. The van der Waals surface area contributed by atoms with E-state index in [0.717, 1.165) is 0 Å². The van der Waals surface area contributed by atoms with E-state index in [0.29, 0.717) is 5.69 Å². The summed E-state index contributed by atoms with van der Waals surface area (Å²) in [5.74, 6) is -0.387. The Bertz CT molecular complexity index is 318. The lowest BCUT2D eigenvalue weighted by Crippen LogP contribution is -2.00. The Morgan fingerprint density at radius 1 is 1.58 bits per heavy atom. The van der Waals surface area contributed by atoms with Crippen molar-refractivity contribution in [2.75, 3.05) is 5.32 Å². The smallest absolute Gasteiger partial charge is 0.312 e. The van der Waals surface area contributed by atoms with Gasteiger partial charge in [-0.25, -0.2) is 4.39 Å². The molecule has 0 aliphatic rings. The van der Waals surface area contributed by atoms with Crippen molar-refractivity contribution in [3.05, 3.63) is 28.5 Å². The number of hydrogen-bond donors (Lipinski definition) is 1. The summed E-state index contributed by atoms with van der Waals surface area (Å²) in [5, 5.41) is 1.60. The fourth-order valence-corrected chi connectivity index (χ4v) is 1.18. The molecule has 0 aliphatic carbocycles. The molecule has 1 amide bonds. The first-order chi connectivity index (χ1) is 5.59. The van der Waals surface area contributed by atoms with E-state index in [9.17, 15) is 9.18 Å². The summed E-state index contributed by atoms with van der Waals surface area (Å²) in [6, 6.07) is 4.07. The van der Waals surface area contributed by atoms with Crippen molar-refractivity contribution in [2.45, 2.75) is 0 Å². The molecule has 2 nitrogen and oxygen atoms in total. The predicted molar refractivity (Wildman–Crippen MR) is 49.0 cm³/mol. The Kier molecular flexibility index (Phi) is 3.05. The number of hydrogen-bond acceptors (Lipinski definition) is 1. The highest BCUT2D eigenvalue weighted by Gasteiger charge is 2.01. The Morgan fingerprint density at radius 2 is 2.25 bits per heavy atom. The van der Waals surface area contributed by atoms with Crippen molar-refractivity contribution in [3.8, 4) is 0 Å². The molecule has 0 spiro atoms. The molecule has 0 atom stereocenters. The highest BCUT2D eigenvalue weighted by Crippen LogP contribution is 2.20. The van der Waals surface area contributed by atoms with Gasteiger partial charge in [0.25, 0.3) is 0 Å². The van der Waals surface area contributed by atoms with Crippen LogP contribution in [0.5, 0.6) is 0 Å². The second-order valence-electron chi connectivity index (χ2n) is 2.03. The topological polar surface area (TPSA) is 29.1 Å². The van der Waals surface area contributed by atoms with Crippen LogP contribution in [-0.2, 0) is 0 Å². The standard InChI is InChI=1S/C7H4BrClFNO/c8-5-3-4(11-7(9)12)1-2-6(5)10/h1-3H,(H,11,12). The second-order valence-corrected chi connectivity index (χ2v) is 3.23. The number of anilines is 1. The largest absolute Gasteiger partial charge is 0.318 e. The van der Waals surface area contributed by atoms with Gasteiger partial charge in [0, 0.05) is 5.69 Å². The van der Waals surface area contributed by atoms with Crippen LogP contribution in [0.25, 0.3) is 0 Å². The van der Waals surface area contributed by atoms with Crippen LogP contribution >= 0.6 is 27.5 Å². The number of benzene rings is 1. The van der Waals surface area contributed by atoms with Gasteiger partial charge in [-0.1, -0.05) is 0 Å². The zero-order chi connectivity index (χ0) is 9.14. The van der Waals surface area contributed by atoms with Gasteiger partial charge in [-0.3, -0.25) is 4.79 Å². The Hall–Kier alpha value is -0.610. The zero-order valence-electron chi connectivity index (χ0n) is 5.77. The predicted octanol–water partition coefficient (Wildman–Crippen LogP) is 3.36. The molecule has 0 fully saturated rings. The monoisotopic (exact) mass is 251 g/mol. The highest BCUT2D eigenvalue weighted by molar-refractivity contribution is 9.10. The van der Waals surface area contributed by atoms with Crippen molar-refractivity contribution < 1.29 is 9.18 Å². The highest BCUT2D eigenvalue weighted by atomic mass is 79.9. The maximum atomic E-state index is 12.6. The van der Waals surface area contributed by atoms with Crippen molar-refractivity contribution in [3.63, 3.8) is 0 Å². The SMILES string of the molecule is O=C(Cl)Nc1ccc(F)c(Br)c1. The quantitative estimate of drug-likeness (QED) is 0.603. The van der Waals surface area contributed by atoms with Gasteiger partial charge in [0.1, 0.15) is 5.82 Å². The van der Waals surface area contributed by atoms with Gasteiger partial charge in [0.05, 0.1) is 4.47 Å². The van der Waals surface area contributed by atoms with Crippen LogP contribution in [0.3, 0.4) is 0 Å². The van der Waals surface area contributed by atoms with Crippen molar-refractivity contribution >= 4 is 38.6 Å². The first-order valence-corrected chi connectivity index (χ1v) is 4.18. The normalized spacial score (nSPS) is 9.58. The van der Waals surface area contributed by atoms with Crippen LogP contribution in [-0.4, -0.2) is 5.37 Å².